The van der Waals surface area contributed by atoms with Crippen molar-refractivity contribution in [2.75, 3.05) is 18.5 Å². The molecule has 1 aliphatic rings. The molecule has 1 aliphatic heterocycles. The van der Waals surface area contributed by atoms with Crippen LogP contribution in [0.4, 0.5) is 10.1 Å². The van der Waals surface area contributed by atoms with Gasteiger partial charge in [-0.1, -0.05) is 13.0 Å². The van der Waals surface area contributed by atoms with Gasteiger partial charge in [-0.15, -0.1) is 0 Å². The van der Waals surface area contributed by atoms with Gasteiger partial charge in [0.1, 0.15) is 6.61 Å². The van der Waals surface area contributed by atoms with Crippen molar-refractivity contribution in [2.24, 2.45) is 0 Å². The first-order chi connectivity index (χ1) is 7.65. The van der Waals surface area contributed by atoms with E-state index in [9.17, 15) is 14.3 Å². The molecule has 88 valence electrons. The van der Waals surface area contributed by atoms with Gasteiger partial charge in [-0.05, 0) is 18.6 Å². The summed E-state index contributed by atoms with van der Waals surface area (Å²) >= 11 is 0. The van der Waals surface area contributed by atoms with Crippen LogP contribution in [0.15, 0.2) is 18.2 Å². The lowest BCUT2D eigenvalue weighted by Crippen LogP contribution is -2.19. The fraction of sp³-hybridized carbons (Fsp3) is 0.364. The third-order valence-corrected chi connectivity index (χ3v) is 1.92. The molecule has 4 nitrogen and oxygen atoms in total. The molecule has 16 heavy (non-hydrogen) atoms. The number of anilines is 1. The van der Waals surface area contributed by atoms with Crippen LogP contribution in [0.1, 0.15) is 13.3 Å². The number of hydrogen-bond acceptors (Lipinski definition) is 4. The van der Waals surface area contributed by atoms with Crippen molar-refractivity contribution in [1.82, 2.24) is 0 Å². The van der Waals surface area contributed by atoms with Crippen molar-refractivity contribution in [1.29, 1.82) is 0 Å². The number of para-hydroxylation sites is 1. The highest BCUT2D eigenvalue weighted by atomic mass is 19.1. The molecule has 1 aromatic rings. The first-order valence-corrected chi connectivity index (χ1v) is 5.00. The summed E-state index contributed by atoms with van der Waals surface area (Å²) in [6.07, 6.45) is 0.111. The molecule has 0 radical (unpaired) electrons. The van der Waals surface area contributed by atoms with E-state index >= 15 is 0 Å². The van der Waals surface area contributed by atoms with Gasteiger partial charge in [0.05, 0.1) is 5.69 Å². The fourth-order valence-corrected chi connectivity index (χ4v) is 1.13. The standard InChI is InChI=1S/C8H8FNO.C3H6O2/c9-6-2-1-3-7-8(6)11-5-4-10-7;1-2-3(4)5/h1-3,10H,4-5H2;2H2,1H3,(H,4,5)/p-1. The molecule has 0 aliphatic carbocycles. The zero-order valence-electron chi connectivity index (χ0n) is 8.96. The van der Waals surface area contributed by atoms with Gasteiger partial charge in [-0.25, -0.2) is 4.39 Å². The van der Waals surface area contributed by atoms with Crippen molar-refractivity contribution in [3.05, 3.63) is 24.0 Å². The number of hydrogen-bond donors (Lipinski definition) is 1. The molecule has 0 saturated carbocycles. The average molecular weight is 226 g/mol. The Morgan fingerprint density at radius 1 is 1.62 bits per heavy atom. The van der Waals surface area contributed by atoms with Crippen molar-refractivity contribution < 1.29 is 19.0 Å². The van der Waals surface area contributed by atoms with Gasteiger partial charge >= 0.3 is 0 Å². The number of ether oxygens (including phenoxy) is 1. The van der Waals surface area contributed by atoms with Crippen LogP contribution in [0.2, 0.25) is 0 Å². The monoisotopic (exact) mass is 226 g/mol. The SMILES string of the molecule is CCC(=O)[O-].Fc1cccc2c1OCCN2. The maximum Gasteiger partial charge on any atom is 0.178 e. The first kappa shape index (κ1) is 12.3. The second-order valence-electron chi connectivity index (χ2n) is 3.12. The van der Waals surface area contributed by atoms with Gasteiger partial charge in [0.2, 0.25) is 0 Å². The Kier molecular flexibility index (Phi) is 4.57. The summed E-state index contributed by atoms with van der Waals surface area (Å²) < 4.78 is 18.0. The molecule has 0 atom stereocenters. The highest BCUT2D eigenvalue weighted by molar-refractivity contribution is 5.63. The lowest BCUT2D eigenvalue weighted by Gasteiger charge is -2.18. The number of rotatable bonds is 1. The predicted octanol–water partition coefficient (Wildman–Crippen LogP) is 0.776. The topological polar surface area (TPSA) is 61.4 Å². The Labute approximate surface area is 93.0 Å². The summed E-state index contributed by atoms with van der Waals surface area (Å²) in [6, 6.07) is 4.86. The quantitative estimate of drug-likeness (QED) is 0.768. The molecule has 0 aromatic heterocycles. The molecule has 0 fully saturated rings. The van der Waals surface area contributed by atoms with Crippen LogP contribution in [-0.4, -0.2) is 19.1 Å². The van der Waals surface area contributed by atoms with Crippen LogP contribution in [0.5, 0.6) is 5.75 Å². The molecule has 0 spiro atoms. The number of fused-ring (bicyclic) bond motifs is 1. The molecule has 5 heteroatoms. The van der Waals surface area contributed by atoms with Crippen LogP contribution < -0.4 is 15.2 Å². The highest BCUT2D eigenvalue weighted by Gasteiger charge is 2.12. The van der Waals surface area contributed by atoms with Crippen molar-refractivity contribution >= 4 is 11.7 Å². The summed E-state index contributed by atoms with van der Waals surface area (Å²) in [4.78, 5) is 9.26. The molecule has 1 heterocycles. The van der Waals surface area contributed by atoms with E-state index in [1.165, 1.54) is 13.0 Å². The van der Waals surface area contributed by atoms with Crippen molar-refractivity contribution in [3.63, 3.8) is 0 Å². The molecule has 1 aromatic carbocycles. The lowest BCUT2D eigenvalue weighted by atomic mass is 10.2. The van der Waals surface area contributed by atoms with Gasteiger partial charge in [-0.3, -0.25) is 0 Å². The maximum atomic E-state index is 12.9. The van der Waals surface area contributed by atoms with E-state index in [0.717, 1.165) is 12.2 Å². The predicted molar refractivity (Wildman–Crippen MR) is 55.7 cm³/mol. The summed E-state index contributed by atoms with van der Waals surface area (Å²) in [5, 5.41) is 12.3. The van der Waals surface area contributed by atoms with E-state index in [0.29, 0.717) is 12.4 Å². The Morgan fingerprint density at radius 2 is 2.31 bits per heavy atom. The number of benzene rings is 1. The van der Waals surface area contributed by atoms with E-state index in [1.807, 2.05) is 0 Å². The number of carbonyl (C=O) groups excluding carboxylic acids is 1. The highest BCUT2D eigenvalue weighted by Crippen LogP contribution is 2.29. The van der Waals surface area contributed by atoms with E-state index in [1.54, 1.807) is 12.1 Å². The minimum atomic E-state index is -0.995. The minimum absolute atomic E-state index is 0.111. The van der Waals surface area contributed by atoms with Crippen LogP contribution in [-0.2, 0) is 4.79 Å². The summed E-state index contributed by atoms with van der Waals surface area (Å²) in [6.45, 7) is 2.82. The molecule has 1 N–H and O–H groups in total. The Hall–Kier alpha value is -1.78. The Morgan fingerprint density at radius 3 is 2.88 bits per heavy atom. The van der Waals surface area contributed by atoms with Gasteiger partial charge in [0, 0.05) is 12.5 Å². The number of carbonyl (C=O) groups is 1. The summed E-state index contributed by atoms with van der Waals surface area (Å²) in [7, 11) is 0. The third kappa shape index (κ3) is 3.42. The molecule has 0 amide bonds. The van der Waals surface area contributed by atoms with E-state index in [2.05, 4.69) is 5.32 Å². The van der Waals surface area contributed by atoms with Gasteiger partial charge < -0.3 is 20.0 Å². The smallest absolute Gasteiger partial charge is 0.178 e. The van der Waals surface area contributed by atoms with Crippen molar-refractivity contribution in [3.8, 4) is 5.75 Å². The molecular formula is C11H13FNO3-. The van der Waals surface area contributed by atoms with Crippen LogP contribution in [0.3, 0.4) is 0 Å². The van der Waals surface area contributed by atoms with Gasteiger partial charge in [0.15, 0.2) is 11.6 Å². The molecular weight excluding hydrogens is 213 g/mol. The second-order valence-corrected chi connectivity index (χ2v) is 3.12. The first-order valence-electron chi connectivity index (χ1n) is 5.00. The Balaban J connectivity index is 0.000000221. The summed E-state index contributed by atoms with van der Waals surface area (Å²) in [5.41, 5.74) is 0.747. The third-order valence-electron chi connectivity index (χ3n) is 1.92. The fourth-order valence-electron chi connectivity index (χ4n) is 1.13. The Bertz CT molecular complexity index is 368. The number of carboxylic acid groups (broad SMARTS) is 1. The maximum absolute atomic E-state index is 12.9. The number of carboxylic acids is 1. The molecule has 2 rings (SSSR count). The molecule has 0 saturated heterocycles. The number of nitrogens with one attached hydrogen (secondary N) is 1. The normalized spacial score (nSPS) is 12.4. The van der Waals surface area contributed by atoms with E-state index in [4.69, 9.17) is 4.74 Å². The summed E-state index contributed by atoms with van der Waals surface area (Å²) in [5.74, 6) is -0.946. The zero-order valence-corrected chi connectivity index (χ0v) is 8.96. The minimum Gasteiger partial charge on any atom is -0.550 e. The van der Waals surface area contributed by atoms with Gasteiger partial charge in [0.25, 0.3) is 0 Å². The average Bonchev–Trinajstić information content (AvgIpc) is 2.30. The number of aliphatic carboxylic acids is 1. The molecule has 0 unspecified atom stereocenters. The number of halogens is 1. The van der Waals surface area contributed by atoms with Crippen LogP contribution in [0, 0.1) is 5.82 Å². The van der Waals surface area contributed by atoms with Crippen molar-refractivity contribution in [2.45, 2.75) is 13.3 Å². The van der Waals surface area contributed by atoms with E-state index < -0.39 is 5.97 Å². The van der Waals surface area contributed by atoms with Crippen LogP contribution in [0.25, 0.3) is 0 Å². The largest absolute Gasteiger partial charge is 0.550 e. The lowest BCUT2D eigenvalue weighted by molar-refractivity contribution is -0.305. The zero-order chi connectivity index (χ0) is 12.0. The molecule has 0 bridgehead atoms. The van der Waals surface area contributed by atoms with E-state index in [-0.39, 0.29) is 12.2 Å². The van der Waals surface area contributed by atoms with Crippen LogP contribution >= 0.6 is 0 Å². The second kappa shape index (κ2) is 5.95. The van der Waals surface area contributed by atoms with Gasteiger partial charge in [-0.2, -0.15) is 0 Å².